The monoisotopic (exact) mass is 250 g/mol. The van der Waals surface area contributed by atoms with Gasteiger partial charge in [-0.2, -0.15) is 0 Å². The van der Waals surface area contributed by atoms with Crippen LogP contribution in [0.3, 0.4) is 0 Å². The van der Waals surface area contributed by atoms with Crippen LogP contribution in [0.1, 0.15) is 24.6 Å². The van der Waals surface area contributed by atoms with Crippen molar-refractivity contribution in [3.8, 4) is 0 Å². The zero-order chi connectivity index (χ0) is 12.3. The Labute approximate surface area is 105 Å². The first-order valence-electron chi connectivity index (χ1n) is 5.88. The van der Waals surface area contributed by atoms with Crippen molar-refractivity contribution in [2.75, 3.05) is 11.9 Å². The van der Waals surface area contributed by atoms with Gasteiger partial charge in [0, 0.05) is 10.9 Å². The number of nitrogens with one attached hydrogen (secondary N) is 1. The molecule has 2 rings (SSSR count). The molecule has 0 aliphatic rings. The Morgan fingerprint density at radius 1 is 1.47 bits per heavy atom. The quantitative estimate of drug-likeness (QED) is 0.856. The lowest BCUT2D eigenvalue weighted by atomic mass is 10.2. The van der Waals surface area contributed by atoms with E-state index in [4.69, 9.17) is 5.73 Å². The maximum atomic E-state index is 5.51. The third-order valence-electron chi connectivity index (χ3n) is 2.68. The van der Waals surface area contributed by atoms with Crippen molar-refractivity contribution in [3.05, 3.63) is 17.3 Å². The summed E-state index contributed by atoms with van der Waals surface area (Å²) in [6.07, 6.45) is 3.71. The van der Waals surface area contributed by atoms with Gasteiger partial charge < -0.3 is 11.1 Å². The molecule has 2 aromatic rings. The van der Waals surface area contributed by atoms with E-state index in [0.29, 0.717) is 6.04 Å². The highest BCUT2D eigenvalue weighted by molar-refractivity contribution is 7.18. The Morgan fingerprint density at radius 3 is 3.06 bits per heavy atom. The van der Waals surface area contributed by atoms with Gasteiger partial charge in [0.25, 0.3) is 0 Å². The van der Waals surface area contributed by atoms with Gasteiger partial charge in [-0.15, -0.1) is 11.3 Å². The number of fused-ring (bicyclic) bond motifs is 1. The van der Waals surface area contributed by atoms with Crippen molar-refractivity contribution in [1.29, 1.82) is 0 Å². The Balaban J connectivity index is 2.17. The lowest BCUT2D eigenvalue weighted by Crippen LogP contribution is -2.17. The summed E-state index contributed by atoms with van der Waals surface area (Å²) in [5.74, 6) is 0.934. The molecule has 0 saturated carbocycles. The maximum Gasteiger partial charge on any atom is 0.138 e. The van der Waals surface area contributed by atoms with E-state index < -0.39 is 0 Å². The van der Waals surface area contributed by atoms with Crippen LogP contribution >= 0.6 is 11.3 Å². The summed E-state index contributed by atoms with van der Waals surface area (Å²) < 4.78 is 0. The van der Waals surface area contributed by atoms with E-state index in [1.54, 1.807) is 17.7 Å². The molecule has 4 nitrogen and oxygen atoms in total. The lowest BCUT2D eigenvalue weighted by Gasteiger charge is -2.14. The zero-order valence-electron chi connectivity index (χ0n) is 10.2. The summed E-state index contributed by atoms with van der Waals surface area (Å²) in [5.41, 5.74) is 5.51. The third kappa shape index (κ3) is 2.92. The summed E-state index contributed by atoms with van der Waals surface area (Å²) in [4.78, 5) is 10.9. The largest absolute Gasteiger partial charge is 0.367 e. The average molecular weight is 250 g/mol. The molecule has 5 heteroatoms. The predicted molar refractivity (Wildman–Crippen MR) is 73.5 cm³/mol. The van der Waals surface area contributed by atoms with Crippen LogP contribution in [0, 0.1) is 6.92 Å². The molecule has 2 heterocycles. The molecule has 1 unspecified atom stereocenters. The van der Waals surface area contributed by atoms with Crippen LogP contribution < -0.4 is 11.1 Å². The first-order valence-corrected chi connectivity index (χ1v) is 6.70. The minimum atomic E-state index is 0.386. The molecular formula is C12H18N4S. The van der Waals surface area contributed by atoms with E-state index in [1.807, 2.05) is 0 Å². The highest BCUT2D eigenvalue weighted by atomic mass is 32.1. The molecule has 0 radical (unpaired) electrons. The van der Waals surface area contributed by atoms with Gasteiger partial charge in [-0.25, -0.2) is 9.97 Å². The second kappa shape index (κ2) is 5.42. The number of rotatable bonds is 5. The van der Waals surface area contributed by atoms with E-state index >= 15 is 0 Å². The summed E-state index contributed by atoms with van der Waals surface area (Å²) in [5, 5.41) is 4.55. The number of thiophene rings is 1. The summed E-state index contributed by atoms with van der Waals surface area (Å²) >= 11 is 1.70. The molecule has 0 aliphatic heterocycles. The van der Waals surface area contributed by atoms with Gasteiger partial charge in [0.05, 0.1) is 5.39 Å². The lowest BCUT2D eigenvalue weighted by molar-refractivity contribution is 0.661. The Hall–Kier alpha value is -1.20. The Kier molecular flexibility index (Phi) is 3.91. The molecule has 0 aromatic carbocycles. The normalized spacial score (nSPS) is 12.9. The highest BCUT2D eigenvalue weighted by Crippen LogP contribution is 2.27. The minimum absolute atomic E-state index is 0.386. The number of hydrogen-bond donors (Lipinski definition) is 2. The molecule has 0 saturated heterocycles. The van der Waals surface area contributed by atoms with Crippen LogP contribution in [0.15, 0.2) is 12.4 Å². The van der Waals surface area contributed by atoms with E-state index in [0.717, 1.165) is 35.4 Å². The summed E-state index contributed by atoms with van der Waals surface area (Å²) in [6.45, 7) is 4.99. The number of nitrogens with two attached hydrogens (primary N) is 1. The number of hydrogen-bond acceptors (Lipinski definition) is 5. The van der Waals surface area contributed by atoms with Gasteiger partial charge in [0.15, 0.2) is 0 Å². The second-order valence-corrected chi connectivity index (χ2v) is 5.51. The highest BCUT2D eigenvalue weighted by Gasteiger charge is 2.09. The van der Waals surface area contributed by atoms with E-state index in [-0.39, 0.29) is 0 Å². The first kappa shape index (κ1) is 12.3. The summed E-state index contributed by atoms with van der Waals surface area (Å²) in [6, 6.07) is 2.52. The van der Waals surface area contributed by atoms with Crippen molar-refractivity contribution >= 4 is 27.4 Å². The fourth-order valence-electron chi connectivity index (χ4n) is 1.82. The topological polar surface area (TPSA) is 63.8 Å². The van der Waals surface area contributed by atoms with Crippen LogP contribution in [0.4, 0.5) is 5.82 Å². The van der Waals surface area contributed by atoms with E-state index in [9.17, 15) is 0 Å². The van der Waals surface area contributed by atoms with Gasteiger partial charge in [-0.3, -0.25) is 0 Å². The molecule has 2 aromatic heterocycles. The van der Waals surface area contributed by atoms with Crippen LogP contribution in [0.25, 0.3) is 10.2 Å². The van der Waals surface area contributed by atoms with Crippen molar-refractivity contribution in [2.45, 2.75) is 32.7 Å². The van der Waals surface area contributed by atoms with Crippen LogP contribution in [-0.2, 0) is 0 Å². The van der Waals surface area contributed by atoms with Gasteiger partial charge in [0.2, 0.25) is 0 Å². The molecule has 0 aliphatic carbocycles. The molecule has 17 heavy (non-hydrogen) atoms. The molecule has 1 atom stereocenters. The molecule has 0 amide bonds. The molecule has 92 valence electrons. The maximum absolute atomic E-state index is 5.51. The Morgan fingerprint density at radius 2 is 2.29 bits per heavy atom. The molecular weight excluding hydrogens is 232 g/mol. The molecule has 0 fully saturated rings. The SMILES string of the molecule is Cc1cc2c(NC(C)CCCN)ncnc2s1. The predicted octanol–water partition coefficient (Wildman–Crippen LogP) is 2.54. The van der Waals surface area contributed by atoms with Crippen molar-refractivity contribution in [2.24, 2.45) is 5.73 Å². The zero-order valence-corrected chi connectivity index (χ0v) is 11.0. The fraction of sp³-hybridized carbons (Fsp3) is 0.500. The first-order chi connectivity index (χ1) is 8.20. The third-order valence-corrected chi connectivity index (χ3v) is 3.64. The number of aryl methyl sites for hydroxylation is 1. The molecule has 3 N–H and O–H groups in total. The standard InChI is InChI=1S/C12H18N4S/c1-8(4-3-5-13)16-11-10-6-9(2)17-12(10)15-7-14-11/h6-8H,3-5,13H2,1-2H3,(H,14,15,16). The van der Waals surface area contributed by atoms with E-state index in [1.165, 1.54) is 4.88 Å². The second-order valence-electron chi connectivity index (χ2n) is 4.27. The number of nitrogens with zero attached hydrogens (tertiary/aromatic N) is 2. The number of anilines is 1. The van der Waals surface area contributed by atoms with Crippen LogP contribution in [0.5, 0.6) is 0 Å². The smallest absolute Gasteiger partial charge is 0.138 e. The molecule has 0 spiro atoms. The molecule has 0 bridgehead atoms. The minimum Gasteiger partial charge on any atom is -0.367 e. The van der Waals surface area contributed by atoms with Gasteiger partial charge in [-0.1, -0.05) is 0 Å². The fourth-order valence-corrected chi connectivity index (χ4v) is 2.67. The van der Waals surface area contributed by atoms with Crippen molar-refractivity contribution < 1.29 is 0 Å². The van der Waals surface area contributed by atoms with Crippen LogP contribution in [0.2, 0.25) is 0 Å². The van der Waals surface area contributed by atoms with E-state index in [2.05, 4.69) is 35.2 Å². The average Bonchev–Trinajstić information content (AvgIpc) is 2.68. The van der Waals surface area contributed by atoms with Gasteiger partial charge >= 0.3 is 0 Å². The van der Waals surface area contributed by atoms with Gasteiger partial charge in [0.1, 0.15) is 17.0 Å². The van der Waals surface area contributed by atoms with Crippen LogP contribution in [-0.4, -0.2) is 22.6 Å². The number of aromatic nitrogens is 2. The van der Waals surface area contributed by atoms with Crippen molar-refractivity contribution in [3.63, 3.8) is 0 Å². The summed E-state index contributed by atoms with van der Waals surface area (Å²) in [7, 11) is 0. The van der Waals surface area contributed by atoms with Gasteiger partial charge in [-0.05, 0) is 39.3 Å². The Bertz CT molecular complexity index is 494. The van der Waals surface area contributed by atoms with Crippen molar-refractivity contribution in [1.82, 2.24) is 9.97 Å².